The van der Waals surface area contributed by atoms with Gasteiger partial charge in [0.15, 0.2) is 0 Å². The topological polar surface area (TPSA) is 20.3 Å². The third-order valence-electron chi connectivity index (χ3n) is 2.99. The maximum absolute atomic E-state index is 12.9. The van der Waals surface area contributed by atoms with Crippen molar-refractivity contribution in [1.82, 2.24) is 4.31 Å². The highest BCUT2D eigenvalue weighted by Gasteiger charge is 2.33. The molecule has 0 aromatic heterocycles. The summed E-state index contributed by atoms with van der Waals surface area (Å²) in [6.07, 6.45) is -2.95. The largest absolute Gasteiger partial charge is 0.416 e. The third-order valence-corrected chi connectivity index (χ3v) is 5.25. The standard InChI is InChI=1S/C15H19BrF3NOS/c1-6-13(20(5)22(21)14(2,3)4)10-7-11(15(17,18)19)9-12(16)8-10/h6-9,13H,1H2,2-5H3/t13-,22?/m1/s1. The highest BCUT2D eigenvalue weighted by Crippen LogP contribution is 2.35. The molecule has 0 aliphatic heterocycles. The van der Waals surface area contributed by atoms with Crippen molar-refractivity contribution in [1.29, 1.82) is 0 Å². The molecular weight excluding hydrogens is 379 g/mol. The van der Waals surface area contributed by atoms with Crippen molar-refractivity contribution < 1.29 is 17.4 Å². The molecular formula is C15H19BrF3NOS. The smallest absolute Gasteiger partial charge is 0.242 e. The Labute approximate surface area is 140 Å². The minimum absolute atomic E-state index is 0.319. The average molecular weight is 398 g/mol. The van der Waals surface area contributed by atoms with Gasteiger partial charge in [-0.15, -0.1) is 6.58 Å². The molecule has 0 aliphatic rings. The van der Waals surface area contributed by atoms with E-state index in [1.54, 1.807) is 13.1 Å². The minimum Gasteiger partial charge on any atom is -0.242 e. The SMILES string of the molecule is C=C[C@H](c1cc(Br)cc(C(F)(F)F)c1)N(C)S(=O)C(C)(C)C. The van der Waals surface area contributed by atoms with Crippen LogP contribution in [0.5, 0.6) is 0 Å². The monoisotopic (exact) mass is 397 g/mol. The Hall–Kier alpha value is -0.660. The van der Waals surface area contributed by atoms with Crippen LogP contribution in [0.15, 0.2) is 35.3 Å². The van der Waals surface area contributed by atoms with Gasteiger partial charge in [-0.05, 0) is 44.5 Å². The number of likely N-dealkylation sites (N-methyl/N-ethyl adjacent to an activating group) is 1. The summed E-state index contributed by atoms with van der Waals surface area (Å²) >= 11 is 3.10. The highest BCUT2D eigenvalue weighted by atomic mass is 79.9. The van der Waals surface area contributed by atoms with E-state index >= 15 is 0 Å². The molecule has 0 bridgehead atoms. The fraction of sp³-hybridized carbons (Fsp3) is 0.467. The molecule has 0 saturated carbocycles. The van der Waals surface area contributed by atoms with Gasteiger partial charge in [0.05, 0.1) is 16.4 Å². The van der Waals surface area contributed by atoms with Crippen LogP contribution in [0.2, 0.25) is 0 Å². The van der Waals surface area contributed by atoms with Gasteiger partial charge in [-0.3, -0.25) is 0 Å². The van der Waals surface area contributed by atoms with Crippen LogP contribution in [-0.2, 0) is 17.2 Å². The quantitative estimate of drug-likeness (QED) is 0.647. The lowest BCUT2D eigenvalue weighted by Gasteiger charge is -2.31. The number of hydrogen-bond donors (Lipinski definition) is 0. The number of alkyl halides is 3. The van der Waals surface area contributed by atoms with Crippen molar-refractivity contribution in [2.24, 2.45) is 0 Å². The summed E-state index contributed by atoms with van der Waals surface area (Å²) in [6, 6.07) is 3.08. The molecule has 0 spiro atoms. The summed E-state index contributed by atoms with van der Waals surface area (Å²) in [5, 5.41) is 0. The van der Waals surface area contributed by atoms with Gasteiger partial charge in [0, 0.05) is 11.5 Å². The van der Waals surface area contributed by atoms with Crippen LogP contribution >= 0.6 is 15.9 Å². The number of nitrogens with zero attached hydrogens (tertiary/aromatic N) is 1. The van der Waals surface area contributed by atoms with Crippen LogP contribution in [0.1, 0.15) is 37.9 Å². The van der Waals surface area contributed by atoms with E-state index in [9.17, 15) is 17.4 Å². The predicted octanol–water partition coefficient (Wildman–Crippen LogP) is 5.09. The van der Waals surface area contributed by atoms with Crippen LogP contribution < -0.4 is 0 Å². The zero-order chi connectivity index (χ0) is 17.3. The van der Waals surface area contributed by atoms with E-state index in [2.05, 4.69) is 22.5 Å². The van der Waals surface area contributed by atoms with Gasteiger partial charge < -0.3 is 0 Å². The molecule has 0 fully saturated rings. The van der Waals surface area contributed by atoms with Crippen molar-refractivity contribution in [2.45, 2.75) is 37.7 Å². The summed E-state index contributed by atoms with van der Waals surface area (Å²) in [4.78, 5) is 0. The fourth-order valence-corrected chi connectivity index (χ4v) is 3.77. The van der Waals surface area contributed by atoms with E-state index < -0.39 is 33.5 Å². The van der Waals surface area contributed by atoms with Crippen molar-refractivity contribution in [3.63, 3.8) is 0 Å². The molecule has 0 radical (unpaired) electrons. The van der Waals surface area contributed by atoms with Gasteiger partial charge in [-0.2, -0.15) is 13.2 Å². The average Bonchev–Trinajstić information content (AvgIpc) is 2.35. The van der Waals surface area contributed by atoms with Crippen molar-refractivity contribution in [2.75, 3.05) is 7.05 Å². The molecule has 0 N–H and O–H groups in total. The normalized spacial score (nSPS) is 15.7. The zero-order valence-electron chi connectivity index (χ0n) is 12.9. The number of hydrogen-bond acceptors (Lipinski definition) is 1. The van der Waals surface area contributed by atoms with Gasteiger partial charge in [-0.25, -0.2) is 8.51 Å². The van der Waals surface area contributed by atoms with Crippen LogP contribution in [0, 0.1) is 0 Å². The minimum atomic E-state index is -4.44. The van der Waals surface area contributed by atoms with Gasteiger partial charge in [0.1, 0.15) is 11.0 Å². The molecule has 1 aromatic rings. The molecule has 22 heavy (non-hydrogen) atoms. The van der Waals surface area contributed by atoms with Crippen molar-refractivity contribution in [3.05, 3.63) is 46.5 Å². The predicted molar refractivity (Wildman–Crippen MR) is 87.7 cm³/mol. The van der Waals surface area contributed by atoms with Crippen LogP contribution in [0.3, 0.4) is 0 Å². The second-order valence-electron chi connectivity index (χ2n) is 5.86. The van der Waals surface area contributed by atoms with Gasteiger partial charge in [-0.1, -0.05) is 22.0 Å². The Morgan fingerprint density at radius 2 is 1.82 bits per heavy atom. The Balaban J connectivity index is 3.29. The molecule has 7 heteroatoms. The lowest BCUT2D eigenvalue weighted by atomic mass is 10.0. The Morgan fingerprint density at radius 3 is 2.23 bits per heavy atom. The second kappa shape index (κ2) is 6.84. The molecule has 0 heterocycles. The summed E-state index contributed by atoms with van der Waals surface area (Å²) in [7, 11) is 0.232. The van der Waals surface area contributed by atoms with Crippen LogP contribution in [0.4, 0.5) is 13.2 Å². The molecule has 1 aromatic carbocycles. The first-order valence-corrected chi connectivity index (χ1v) is 8.43. The first-order valence-electron chi connectivity index (χ1n) is 6.53. The molecule has 1 rings (SSSR count). The number of rotatable bonds is 4. The molecule has 2 nitrogen and oxygen atoms in total. The second-order valence-corrected chi connectivity index (χ2v) is 9.07. The van der Waals surface area contributed by atoms with Crippen molar-refractivity contribution >= 4 is 26.9 Å². The van der Waals surface area contributed by atoms with Gasteiger partial charge in [0.2, 0.25) is 0 Å². The van der Waals surface area contributed by atoms with Crippen molar-refractivity contribution in [3.8, 4) is 0 Å². The third kappa shape index (κ3) is 4.67. The van der Waals surface area contributed by atoms with E-state index in [1.165, 1.54) is 10.4 Å². The first-order chi connectivity index (χ1) is 9.87. The Morgan fingerprint density at radius 1 is 1.27 bits per heavy atom. The Kier molecular flexibility index (Phi) is 6.03. The summed E-state index contributed by atoms with van der Waals surface area (Å²) in [5.41, 5.74) is -0.365. The number of benzene rings is 1. The van der Waals surface area contributed by atoms with Crippen LogP contribution in [-0.4, -0.2) is 20.3 Å². The van der Waals surface area contributed by atoms with E-state index in [4.69, 9.17) is 0 Å². The maximum Gasteiger partial charge on any atom is 0.416 e. The van der Waals surface area contributed by atoms with Gasteiger partial charge in [0.25, 0.3) is 0 Å². The molecule has 1 unspecified atom stereocenters. The molecule has 0 saturated heterocycles. The summed E-state index contributed by atoms with van der Waals surface area (Å²) in [6.45, 7) is 9.09. The molecule has 0 amide bonds. The zero-order valence-corrected chi connectivity index (χ0v) is 15.3. The summed E-state index contributed by atoms with van der Waals surface area (Å²) in [5.74, 6) is 0. The molecule has 124 valence electrons. The Bertz CT molecular complexity index is 581. The fourth-order valence-electron chi connectivity index (χ4n) is 1.98. The van der Waals surface area contributed by atoms with Gasteiger partial charge >= 0.3 is 6.18 Å². The van der Waals surface area contributed by atoms with Crippen LogP contribution in [0.25, 0.3) is 0 Å². The molecule has 0 aliphatic carbocycles. The lowest BCUT2D eigenvalue weighted by molar-refractivity contribution is -0.137. The summed E-state index contributed by atoms with van der Waals surface area (Å²) < 4.78 is 52.6. The van der Waals surface area contributed by atoms with E-state index in [1.807, 2.05) is 20.8 Å². The van der Waals surface area contributed by atoms with E-state index in [0.717, 1.165) is 12.1 Å². The highest BCUT2D eigenvalue weighted by molar-refractivity contribution is 9.10. The maximum atomic E-state index is 12.9. The number of halogens is 4. The van der Waals surface area contributed by atoms with E-state index in [-0.39, 0.29) is 0 Å². The first kappa shape index (κ1) is 19.4. The molecule has 2 atom stereocenters. The lowest BCUT2D eigenvalue weighted by Crippen LogP contribution is -2.36. The van der Waals surface area contributed by atoms with E-state index in [0.29, 0.717) is 10.0 Å².